The van der Waals surface area contributed by atoms with Crippen molar-refractivity contribution in [2.24, 2.45) is 0 Å². The fourth-order valence-corrected chi connectivity index (χ4v) is 3.44. The number of benzene rings is 2. The lowest BCUT2D eigenvalue weighted by Gasteiger charge is -2.12. The van der Waals surface area contributed by atoms with Gasteiger partial charge in [-0.2, -0.15) is 4.98 Å². The van der Waals surface area contributed by atoms with Gasteiger partial charge >= 0.3 is 0 Å². The average Bonchev–Trinajstić information content (AvgIpc) is 3.06. The zero-order valence-corrected chi connectivity index (χ0v) is 16.0. The second-order valence-corrected chi connectivity index (χ2v) is 7.09. The molecule has 3 aromatic rings. The molecule has 5 nitrogen and oxygen atoms in total. The van der Waals surface area contributed by atoms with E-state index in [2.05, 4.69) is 4.98 Å². The third-order valence-electron chi connectivity index (χ3n) is 4.41. The monoisotopic (exact) mass is 402 g/mol. The first-order valence-electron chi connectivity index (χ1n) is 8.43. The van der Waals surface area contributed by atoms with Crippen LogP contribution in [0.3, 0.4) is 0 Å². The van der Waals surface area contributed by atoms with Crippen molar-refractivity contribution in [3.8, 4) is 22.9 Å². The molecule has 0 N–H and O–H groups in total. The van der Waals surface area contributed by atoms with E-state index in [1.807, 2.05) is 47.9 Å². The Hall–Kier alpha value is -2.50. The molecule has 0 saturated heterocycles. The van der Waals surface area contributed by atoms with Crippen molar-refractivity contribution >= 4 is 23.2 Å². The molecule has 1 aromatic heterocycles. The van der Waals surface area contributed by atoms with Crippen LogP contribution in [-0.4, -0.2) is 22.3 Å². The highest BCUT2D eigenvalue weighted by atomic mass is 35.5. The van der Waals surface area contributed by atoms with Gasteiger partial charge in [0.15, 0.2) is 6.10 Å². The molecule has 2 heterocycles. The molecule has 2 aromatic carbocycles. The fraction of sp³-hybridized carbons (Fsp3) is 0.200. The van der Waals surface area contributed by atoms with Gasteiger partial charge < -0.3 is 9.47 Å². The van der Waals surface area contributed by atoms with Crippen molar-refractivity contribution < 1.29 is 9.47 Å². The largest absolute Gasteiger partial charge is 0.490 e. The van der Waals surface area contributed by atoms with Crippen LogP contribution in [0, 0.1) is 6.92 Å². The first-order valence-corrected chi connectivity index (χ1v) is 9.19. The molecule has 0 bridgehead atoms. The highest BCUT2D eigenvalue weighted by Gasteiger charge is 2.25. The van der Waals surface area contributed by atoms with E-state index in [1.165, 1.54) is 6.07 Å². The van der Waals surface area contributed by atoms with Crippen LogP contribution < -0.4 is 15.0 Å². The summed E-state index contributed by atoms with van der Waals surface area (Å²) < 4.78 is 13.4. The van der Waals surface area contributed by atoms with Gasteiger partial charge in [0.2, 0.25) is 0 Å². The minimum absolute atomic E-state index is 0.194. The summed E-state index contributed by atoms with van der Waals surface area (Å²) in [5.74, 6) is 0.718. The smallest absolute Gasteiger partial charge is 0.300 e. The Bertz CT molecular complexity index is 1050. The molecular formula is C20H16Cl2N2O3. The second-order valence-electron chi connectivity index (χ2n) is 6.31. The molecule has 0 amide bonds. The van der Waals surface area contributed by atoms with Gasteiger partial charge in [-0.25, -0.2) is 0 Å². The van der Waals surface area contributed by atoms with E-state index >= 15 is 0 Å². The van der Waals surface area contributed by atoms with E-state index in [4.69, 9.17) is 32.7 Å². The van der Waals surface area contributed by atoms with Crippen LogP contribution in [0.2, 0.25) is 10.0 Å². The van der Waals surface area contributed by atoms with Crippen LogP contribution in [0.25, 0.3) is 11.1 Å². The maximum atomic E-state index is 11.5. The first-order chi connectivity index (χ1) is 13.0. The third-order valence-corrected chi connectivity index (χ3v) is 5.22. The Kier molecular flexibility index (Phi) is 4.81. The van der Waals surface area contributed by atoms with Crippen molar-refractivity contribution in [1.82, 2.24) is 9.55 Å². The maximum Gasteiger partial charge on any atom is 0.300 e. The van der Waals surface area contributed by atoms with Gasteiger partial charge in [-0.05, 0) is 30.7 Å². The van der Waals surface area contributed by atoms with Crippen LogP contribution in [0.15, 0.2) is 53.3 Å². The molecule has 1 atom stereocenters. The molecule has 4 rings (SSSR count). The summed E-state index contributed by atoms with van der Waals surface area (Å²) in [5.41, 5.74) is 2.36. The van der Waals surface area contributed by atoms with Gasteiger partial charge in [0.1, 0.15) is 12.4 Å². The minimum Gasteiger partial charge on any atom is -0.490 e. The summed E-state index contributed by atoms with van der Waals surface area (Å²) in [6, 6.07) is 15.0. The van der Waals surface area contributed by atoms with Crippen LogP contribution in [0.4, 0.5) is 0 Å². The molecule has 0 radical (unpaired) electrons. The Morgan fingerprint density at radius 1 is 1.22 bits per heavy atom. The minimum atomic E-state index is -0.296. The molecule has 27 heavy (non-hydrogen) atoms. The maximum absolute atomic E-state index is 11.5. The Balaban J connectivity index is 1.42. The lowest BCUT2D eigenvalue weighted by molar-refractivity contribution is 0.143. The fourth-order valence-electron chi connectivity index (χ4n) is 3.03. The predicted octanol–water partition coefficient (Wildman–Crippen LogP) is 4.37. The second kappa shape index (κ2) is 7.25. The van der Waals surface area contributed by atoms with Crippen molar-refractivity contribution in [3.05, 3.63) is 74.6 Å². The predicted molar refractivity (Wildman–Crippen MR) is 105 cm³/mol. The van der Waals surface area contributed by atoms with Gasteiger partial charge in [0.25, 0.3) is 11.6 Å². The summed E-state index contributed by atoms with van der Waals surface area (Å²) in [5, 5.41) is 1.05. The van der Waals surface area contributed by atoms with E-state index in [1.54, 1.807) is 6.07 Å². The van der Waals surface area contributed by atoms with Crippen LogP contribution in [0.1, 0.15) is 5.69 Å². The van der Waals surface area contributed by atoms with E-state index in [-0.39, 0.29) is 11.7 Å². The quantitative estimate of drug-likeness (QED) is 0.650. The number of aryl methyl sites for hydroxylation is 1. The molecule has 0 saturated carbocycles. The molecule has 138 valence electrons. The molecule has 0 aliphatic carbocycles. The van der Waals surface area contributed by atoms with Gasteiger partial charge in [0, 0.05) is 17.3 Å². The zero-order valence-electron chi connectivity index (χ0n) is 14.5. The van der Waals surface area contributed by atoms with Crippen molar-refractivity contribution in [2.75, 3.05) is 6.61 Å². The average molecular weight is 403 g/mol. The molecule has 0 fully saturated rings. The molecule has 0 spiro atoms. The molecule has 7 heteroatoms. The van der Waals surface area contributed by atoms with Gasteiger partial charge in [-0.15, -0.1) is 0 Å². The SMILES string of the molecule is Cc1cc(=O)nc2n1C[C@@H](COc1ccc(-c3cccc(Cl)c3Cl)cc1)O2. The topological polar surface area (TPSA) is 53.4 Å². The van der Waals surface area contributed by atoms with Crippen molar-refractivity contribution in [2.45, 2.75) is 19.6 Å². The van der Waals surface area contributed by atoms with E-state index < -0.39 is 0 Å². The number of hydrogen-bond donors (Lipinski definition) is 0. The summed E-state index contributed by atoms with van der Waals surface area (Å²) in [4.78, 5) is 15.4. The molecular weight excluding hydrogens is 387 g/mol. The van der Waals surface area contributed by atoms with Gasteiger partial charge in [-0.1, -0.05) is 47.5 Å². The van der Waals surface area contributed by atoms with Crippen LogP contribution in [0.5, 0.6) is 11.8 Å². The first kappa shape index (κ1) is 17.9. The number of halogens is 2. The van der Waals surface area contributed by atoms with Gasteiger partial charge in [-0.3, -0.25) is 9.36 Å². The van der Waals surface area contributed by atoms with E-state index in [9.17, 15) is 4.79 Å². The van der Waals surface area contributed by atoms with Crippen LogP contribution >= 0.6 is 23.2 Å². The van der Waals surface area contributed by atoms with Gasteiger partial charge in [0.05, 0.1) is 16.6 Å². The van der Waals surface area contributed by atoms with Crippen molar-refractivity contribution in [1.29, 1.82) is 0 Å². The molecule has 0 unspecified atom stereocenters. The third kappa shape index (κ3) is 3.66. The lowest BCUT2D eigenvalue weighted by atomic mass is 10.1. The lowest BCUT2D eigenvalue weighted by Crippen LogP contribution is -2.23. The summed E-state index contributed by atoms with van der Waals surface area (Å²) >= 11 is 12.4. The Labute approximate surface area is 166 Å². The van der Waals surface area contributed by atoms with Crippen molar-refractivity contribution in [3.63, 3.8) is 0 Å². The summed E-state index contributed by atoms with van der Waals surface area (Å²) in [6.45, 7) is 2.82. The Morgan fingerprint density at radius 2 is 2.00 bits per heavy atom. The summed E-state index contributed by atoms with van der Waals surface area (Å²) in [7, 11) is 0. The van der Waals surface area contributed by atoms with E-state index in [0.717, 1.165) is 22.6 Å². The number of nitrogens with zero attached hydrogens (tertiary/aromatic N) is 2. The number of aromatic nitrogens is 2. The number of rotatable bonds is 4. The van der Waals surface area contributed by atoms with Crippen LogP contribution in [-0.2, 0) is 6.54 Å². The number of ether oxygens (including phenoxy) is 2. The highest BCUT2D eigenvalue weighted by Crippen LogP contribution is 2.34. The normalized spacial score (nSPS) is 15.3. The highest BCUT2D eigenvalue weighted by molar-refractivity contribution is 6.43. The van der Waals surface area contributed by atoms with E-state index in [0.29, 0.717) is 29.2 Å². The molecule has 1 aliphatic rings. The Morgan fingerprint density at radius 3 is 2.78 bits per heavy atom. The number of fused-ring (bicyclic) bond motifs is 1. The molecule has 1 aliphatic heterocycles. The zero-order chi connectivity index (χ0) is 19.0. The summed E-state index contributed by atoms with van der Waals surface area (Å²) in [6.07, 6.45) is -0.194. The standard InChI is InChI=1S/C20H16Cl2N2O3/c1-12-9-18(25)23-20-24(12)10-15(27-20)11-26-14-7-5-13(6-8-14)16-3-2-4-17(21)19(16)22/h2-9,15H,10-11H2,1H3/t15-/m0/s1. The number of hydrogen-bond acceptors (Lipinski definition) is 4.